The number of fused-ring (bicyclic) bond motifs is 1. The maximum atomic E-state index is 11.6. The molecular weight excluding hydrogens is 318 g/mol. The zero-order chi connectivity index (χ0) is 17.6. The van der Waals surface area contributed by atoms with Crippen molar-refractivity contribution < 1.29 is 4.92 Å². The van der Waals surface area contributed by atoms with Crippen LogP contribution < -0.4 is 10.6 Å². The highest BCUT2D eigenvalue weighted by molar-refractivity contribution is 5.95. The van der Waals surface area contributed by atoms with Crippen molar-refractivity contribution in [2.75, 3.05) is 17.2 Å². The normalized spacial score (nSPS) is 10.6. The van der Waals surface area contributed by atoms with Gasteiger partial charge in [-0.2, -0.15) is 0 Å². The molecule has 7 heteroatoms. The highest BCUT2D eigenvalue weighted by Gasteiger charge is 2.23. The first-order chi connectivity index (χ1) is 12.2. The molecule has 0 fully saturated rings. The number of nitrogens with one attached hydrogen (secondary N) is 2. The molecule has 0 unspecified atom stereocenters. The van der Waals surface area contributed by atoms with Gasteiger partial charge in [-0.05, 0) is 17.9 Å². The fraction of sp³-hybridized carbons (Fsp3) is 0.222. The molecule has 25 heavy (non-hydrogen) atoms. The van der Waals surface area contributed by atoms with Crippen LogP contribution in [0.3, 0.4) is 0 Å². The van der Waals surface area contributed by atoms with E-state index < -0.39 is 4.92 Å². The monoisotopic (exact) mass is 337 g/mol. The zero-order valence-electron chi connectivity index (χ0n) is 13.9. The molecular formula is C18H19N5O2. The van der Waals surface area contributed by atoms with Gasteiger partial charge in [0.15, 0.2) is 0 Å². The predicted octanol–water partition coefficient (Wildman–Crippen LogP) is 4.49. The first kappa shape index (κ1) is 16.6. The quantitative estimate of drug-likeness (QED) is 0.375. The summed E-state index contributed by atoms with van der Waals surface area (Å²) in [6.45, 7) is 2.69. The molecule has 2 aromatic carbocycles. The number of hydrogen-bond acceptors (Lipinski definition) is 6. The summed E-state index contributed by atoms with van der Waals surface area (Å²) >= 11 is 0. The Morgan fingerprint density at radius 1 is 1.08 bits per heavy atom. The number of anilines is 3. The molecule has 0 saturated heterocycles. The SMILES string of the molecule is CCCCNc1ncnc(Nc2cccc3ccccc23)c1[N+](=O)[O-]. The van der Waals surface area contributed by atoms with Gasteiger partial charge in [0.25, 0.3) is 0 Å². The van der Waals surface area contributed by atoms with Crippen LogP contribution >= 0.6 is 0 Å². The molecule has 0 amide bonds. The minimum atomic E-state index is -0.457. The number of unbranched alkanes of at least 4 members (excludes halogenated alkanes) is 1. The van der Waals surface area contributed by atoms with Crippen LogP contribution in [0.1, 0.15) is 19.8 Å². The molecule has 3 aromatic rings. The second-order valence-corrected chi connectivity index (χ2v) is 5.61. The van der Waals surface area contributed by atoms with E-state index in [-0.39, 0.29) is 17.3 Å². The predicted molar refractivity (Wildman–Crippen MR) is 99.3 cm³/mol. The third kappa shape index (κ3) is 3.65. The summed E-state index contributed by atoms with van der Waals surface area (Å²) in [5, 5.41) is 19.7. The number of aromatic nitrogens is 2. The van der Waals surface area contributed by atoms with E-state index in [1.54, 1.807) is 0 Å². The van der Waals surface area contributed by atoms with Crippen LogP contribution in [0.4, 0.5) is 23.0 Å². The number of nitrogens with zero attached hydrogens (tertiary/aromatic N) is 3. The number of benzene rings is 2. The van der Waals surface area contributed by atoms with Gasteiger partial charge < -0.3 is 10.6 Å². The van der Waals surface area contributed by atoms with E-state index in [1.807, 2.05) is 42.5 Å². The summed E-state index contributed by atoms with van der Waals surface area (Å²) in [5.41, 5.74) is 0.617. The van der Waals surface area contributed by atoms with Crippen LogP contribution in [-0.4, -0.2) is 21.4 Å². The standard InChI is InChI=1S/C18H19N5O2/c1-2-3-11-19-17-16(23(24)25)18(21-12-20-17)22-15-10-6-8-13-7-4-5-9-14(13)15/h4-10,12H,2-3,11H2,1H3,(H2,19,20,21,22). The molecule has 0 atom stereocenters. The number of hydrogen-bond donors (Lipinski definition) is 2. The van der Waals surface area contributed by atoms with E-state index in [1.165, 1.54) is 6.33 Å². The highest BCUT2D eigenvalue weighted by atomic mass is 16.6. The van der Waals surface area contributed by atoms with E-state index in [2.05, 4.69) is 27.5 Å². The van der Waals surface area contributed by atoms with Crippen molar-refractivity contribution in [2.45, 2.75) is 19.8 Å². The fourth-order valence-corrected chi connectivity index (χ4v) is 2.62. The summed E-state index contributed by atoms with van der Waals surface area (Å²) in [6.07, 6.45) is 3.23. The van der Waals surface area contributed by atoms with Gasteiger partial charge in [-0.15, -0.1) is 0 Å². The molecule has 0 radical (unpaired) electrons. The average Bonchev–Trinajstić information content (AvgIpc) is 2.62. The van der Waals surface area contributed by atoms with Gasteiger partial charge in [0.05, 0.1) is 4.92 Å². The van der Waals surface area contributed by atoms with Gasteiger partial charge in [-0.25, -0.2) is 9.97 Å². The highest BCUT2D eigenvalue weighted by Crippen LogP contribution is 2.33. The van der Waals surface area contributed by atoms with Crippen molar-refractivity contribution in [1.29, 1.82) is 0 Å². The van der Waals surface area contributed by atoms with Crippen molar-refractivity contribution in [2.24, 2.45) is 0 Å². The number of nitro groups is 1. The minimum absolute atomic E-state index is 0.147. The Morgan fingerprint density at radius 3 is 2.64 bits per heavy atom. The second kappa shape index (κ2) is 7.57. The van der Waals surface area contributed by atoms with Gasteiger partial charge >= 0.3 is 5.69 Å². The number of rotatable bonds is 7. The summed E-state index contributed by atoms with van der Waals surface area (Å²) in [5.74, 6) is 0.409. The first-order valence-electron chi connectivity index (χ1n) is 8.18. The molecule has 0 aliphatic heterocycles. The Hall–Kier alpha value is -3.22. The van der Waals surface area contributed by atoms with Gasteiger partial charge in [0, 0.05) is 17.6 Å². The van der Waals surface area contributed by atoms with Gasteiger partial charge in [0.1, 0.15) is 6.33 Å². The lowest BCUT2D eigenvalue weighted by atomic mass is 10.1. The maximum Gasteiger partial charge on any atom is 0.353 e. The van der Waals surface area contributed by atoms with Crippen molar-refractivity contribution in [3.8, 4) is 0 Å². The Labute approximate surface area is 145 Å². The molecule has 2 N–H and O–H groups in total. The molecule has 0 saturated carbocycles. The molecule has 1 heterocycles. The Bertz CT molecular complexity index is 892. The second-order valence-electron chi connectivity index (χ2n) is 5.61. The smallest absolute Gasteiger partial charge is 0.353 e. The lowest BCUT2D eigenvalue weighted by Crippen LogP contribution is -2.09. The summed E-state index contributed by atoms with van der Waals surface area (Å²) < 4.78 is 0. The molecule has 0 aliphatic carbocycles. The van der Waals surface area contributed by atoms with Gasteiger partial charge in [-0.1, -0.05) is 49.7 Å². The summed E-state index contributed by atoms with van der Waals surface area (Å²) in [4.78, 5) is 19.2. The van der Waals surface area contributed by atoms with Gasteiger partial charge in [-0.3, -0.25) is 10.1 Å². The molecule has 128 valence electrons. The Kier molecular flexibility index (Phi) is 5.03. The lowest BCUT2D eigenvalue weighted by Gasteiger charge is -2.11. The Balaban J connectivity index is 1.99. The van der Waals surface area contributed by atoms with Gasteiger partial charge in [0.2, 0.25) is 11.6 Å². The topological polar surface area (TPSA) is 93.0 Å². The van der Waals surface area contributed by atoms with E-state index in [4.69, 9.17) is 0 Å². The minimum Gasteiger partial charge on any atom is -0.364 e. The summed E-state index contributed by atoms with van der Waals surface area (Å²) in [7, 11) is 0. The van der Waals surface area contributed by atoms with Crippen LogP contribution in [-0.2, 0) is 0 Å². The fourth-order valence-electron chi connectivity index (χ4n) is 2.62. The van der Waals surface area contributed by atoms with Crippen LogP contribution in [0.5, 0.6) is 0 Å². The molecule has 0 aliphatic rings. The van der Waals surface area contributed by atoms with E-state index >= 15 is 0 Å². The zero-order valence-corrected chi connectivity index (χ0v) is 13.9. The largest absolute Gasteiger partial charge is 0.364 e. The molecule has 0 bridgehead atoms. The average molecular weight is 337 g/mol. The third-order valence-electron chi connectivity index (χ3n) is 3.87. The van der Waals surface area contributed by atoms with E-state index in [0.717, 1.165) is 29.3 Å². The van der Waals surface area contributed by atoms with Crippen LogP contribution in [0.2, 0.25) is 0 Å². The molecule has 0 spiro atoms. The van der Waals surface area contributed by atoms with Crippen molar-refractivity contribution in [3.63, 3.8) is 0 Å². The first-order valence-corrected chi connectivity index (χ1v) is 8.18. The van der Waals surface area contributed by atoms with E-state index in [9.17, 15) is 10.1 Å². The molecule has 7 nitrogen and oxygen atoms in total. The summed E-state index contributed by atoms with van der Waals surface area (Å²) in [6, 6.07) is 13.6. The third-order valence-corrected chi connectivity index (χ3v) is 3.87. The van der Waals surface area contributed by atoms with Crippen LogP contribution in [0, 0.1) is 10.1 Å². The van der Waals surface area contributed by atoms with Crippen LogP contribution in [0.15, 0.2) is 48.8 Å². The Morgan fingerprint density at radius 2 is 1.84 bits per heavy atom. The van der Waals surface area contributed by atoms with E-state index in [0.29, 0.717) is 6.54 Å². The maximum absolute atomic E-state index is 11.6. The van der Waals surface area contributed by atoms with Crippen LogP contribution in [0.25, 0.3) is 10.8 Å². The van der Waals surface area contributed by atoms with Crippen molar-refractivity contribution >= 4 is 33.8 Å². The molecule has 3 rings (SSSR count). The molecule has 1 aromatic heterocycles. The lowest BCUT2D eigenvalue weighted by molar-refractivity contribution is -0.383. The van der Waals surface area contributed by atoms with Crippen molar-refractivity contribution in [1.82, 2.24) is 9.97 Å². The van der Waals surface area contributed by atoms with Crippen molar-refractivity contribution in [3.05, 3.63) is 58.9 Å².